The molecule has 0 spiro atoms. The average molecular weight is 416 g/mol. The quantitative estimate of drug-likeness (QED) is 0.662. The number of carboxylic acid groups (broad SMARTS) is 1. The molecule has 134 valence electrons. The fraction of sp³-hybridized carbons (Fsp3) is 0.211. The molecule has 2 aromatic heterocycles. The van der Waals surface area contributed by atoms with Crippen molar-refractivity contribution in [2.24, 2.45) is 0 Å². The van der Waals surface area contributed by atoms with Crippen LogP contribution in [0, 0.1) is 6.92 Å². The van der Waals surface area contributed by atoms with E-state index < -0.39 is 5.97 Å². The van der Waals surface area contributed by atoms with Crippen LogP contribution < -0.4 is 5.32 Å². The monoisotopic (exact) mass is 415 g/mol. The van der Waals surface area contributed by atoms with Gasteiger partial charge in [-0.1, -0.05) is 19.1 Å². The molecular formula is C19H18BrN3O3. The van der Waals surface area contributed by atoms with Crippen molar-refractivity contribution in [2.75, 3.05) is 5.32 Å². The van der Waals surface area contributed by atoms with Crippen LogP contribution >= 0.6 is 15.9 Å². The van der Waals surface area contributed by atoms with Crippen LogP contribution in [-0.2, 0) is 17.6 Å². The number of halogens is 1. The summed E-state index contributed by atoms with van der Waals surface area (Å²) in [5.41, 5.74) is 4.22. The Morgan fingerprint density at radius 3 is 2.58 bits per heavy atom. The number of aryl methyl sites for hydroxylation is 2. The van der Waals surface area contributed by atoms with Crippen LogP contribution in [0.15, 0.2) is 41.0 Å². The molecule has 7 heteroatoms. The molecule has 0 aliphatic carbocycles. The van der Waals surface area contributed by atoms with Crippen molar-refractivity contribution >= 4 is 39.1 Å². The number of carbonyl (C=O) groups is 2. The second-order valence-electron chi connectivity index (χ2n) is 6.04. The SMILES string of the molecule is CCc1nc2c(Br)cc(C)cn2c1C(=O)Nc1ccc(CC(=O)O)cc1. The molecule has 26 heavy (non-hydrogen) atoms. The van der Waals surface area contributed by atoms with Crippen molar-refractivity contribution < 1.29 is 14.7 Å². The largest absolute Gasteiger partial charge is 0.481 e. The molecule has 3 rings (SSSR count). The molecule has 0 aliphatic rings. The summed E-state index contributed by atoms with van der Waals surface area (Å²) in [6.45, 7) is 3.92. The maximum atomic E-state index is 12.9. The second-order valence-corrected chi connectivity index (χ2v) is 6.90. The van der Waals surface area contributed by atoms with Gasteiger partial charge < -0.3 is 10.4 Å². The van der Waals surface area contributed by atoms with Crippen LogP contribution in [0.5, 0.6) is 0 Å². The number of nitrogens with one attached hydrogen (secondary N) is 1. The first-order valence-electron chi connectivity index (χ1n) is 8.18. The predicted molar refractivity (Wildman–Crippen MR) is 103 cm³/mol. The van der Waals surface area contributed by atoms with Gasteiger partial charge in [-0.25, -0.2) is 4.98 Å². The Morgan fingerprint density at radius 2 is 1.96 bits per heavy atom. The Bertz CT molecular complexity index is 993. The molecule has 0 saturated heterocycles. The fourth-order valence-corrected chi connectivity index (χ4v) is 3.48. The molecule has 2 heterocycles. The number of pyridine rings is 1. The van der Waals surface area contributed by atoms with Crippen LogP contribution in [0.2, 0.25) is 0 Å². The van der Waals surface area contributed by atoms with E-state index >= 15 is 0 Å². The van der Waals surface area contributed by atoms with Gasteiger partial charge in [0.25, 0.3) is 5.91 Å². The third-order valence-corrected chi connectivity index (χ3v) is 4.58. The smallest absolute Gasteiger partial charge is 0.307 e. The number of carboxylic acids is 1. The first kappa shape index (κ1) is 18.1. The third-order valence-electron chi connectivity index (χ3n) is 4.00. The van der Waals surface area contributed by atoms with Crippen LogP contribution in [0.1, 0.15) is 34.2 Å². The lowest BCUT2D eigenvalue weighted by Crippen LogP contribution is -2.16. The Labute approximate surface area is 159 Å². The minimum absolute atomic E-state index is 0.0469. The normalized spacial score (nSPS) is 10.9. The molecule has 0 bridgehead atoms. The van der Waals surface area contributed by atoms with Gasteiger partial charge in [0, 0.05) is 11.9 Å². The number of hydrogen-bond donors (Lipinski definition) is 2. The summed E-state index contributed by atoms with van der Waals surface area (Å²) in [4.78, 5) is 28.2. The van der Waals surface area contributed by atoms with E-state index in [1.165, 1.54) is 0 Å². The van der Waals surface area contributed by atoms with Crippen LogP contribution in [0.3, 0.4) is 0 Å². The molecule has 0 saturated carbocycles. The maximum absolute atomic E-state index is 12.9. The Morgan fingerprint density at radius 1 is 1.27 bits per heavy atom. The van der Waals surface area contributed by atoms with Crippen molar-refractivity contribution in [1.82, 2.24) is 9.38 Å². The number of aliphatic carboxylic acids is 1. The van der Waals surface area contributed by atoms with Crippen LogP contribution in [0.25, 0.3) is 5.65 Å². The summed E-state index contributed by atoms with van der Waals surface area (Å²) >= 11 is 3.50. The molecule has 0 unspecified atom stereocenters. The summed E-state index contributed by atoms with van der Waals surface area (Å²) in [5.74, 6) is -1.14. The van der Waals surface area contributed by atoms with Crippen LogP contribution in [-0.4, -0.2) is 26.4 Å². The number of rotatable bonds is 5. The van der Waals surface area contributed by atoms with Gasteiger partial charge in [-0.05, 0) is 58.6 Å². The third kappa shape index (κ3) is 3.62. The molecule has 6 nitrogen and oxygen atoms in total. The lowest BCUT2D eigenvalue weighted by molar-refractivity contribution is -0.136. The predicted octanol–water partition coefficient (Wildman–Crippen LogP) is 3.85. The lowest BCUT2D eigenvalue weighted by atomic mass is 10.1. The van der Waals surface area contributed by atoms with Crippen molar-refractivity contribution in [1.29, 1.82) is 0 Å². The number of carbonyl (C=O) groups excluding carboxylic acids is 1. The summed E-state index contributed by atoms with van der Waals surface area (Å²) in [6, 6.07) is 8.75. The topological polar surface area (TPSA) is 83.7 Å². The van der Waals surface area contributed by atoms with E-state index in [2.05, 4.69) is 26.2 Å². The number of nitrogens with zero attached hydrogens (tertiary/aromatic N) is 2. The molecule has 0 atom stereocenters. The molecule has 0 fully saturated rings. The molecule has 0 aliphatic heterocycles. The van der Waals surface area contributed by atoms with Gasteiger partial charge in [-0.3, -0.25) is 14.0 Å². The van der Waals surface area contributed by atoms with Gasteiger partial charge >= 0.3 is 5.97 Å². The Kier molecular flexibility index (Phi) is 5.08. The summed E-state index contributed by atoms with van der Waals surface area (Å²) in [5, 5.41) is 11.7. The van der Waals surface area contributed by atoms with E-state index in [9.17, 15) is 9.59 Å². The minimum Gasteiger partial charge on any atom is -0.481 e. The van der Waals surface area contributed by atoms with E-state index in [0.717, 1.165) is 15.7 Å². The molecule has 1 amide bonds. The summed E-state index contributed by atoms with van der Waals surface area (Å²) in [6.07, 6.45) is 2.47. The number of aromatic nitrogens is 2. The average Bonchev–Trinajstić information content (AvgIpc) is 2.95. The minimum atomic E-state index is -0.888. The second kappa shape index (κ2) is 7.29. The molecule has 3 aromatic rings. The first-order chi connectivity index (χ1) is 12.4. The zero-order valence-corrected chi connectivity index (χ0v) is 16.0. The van der Waals surface area contributed by atoms with Gasteiger partial charge in [0.2, 0.25) is 0 Å². The van der Waals surface area contributed by atoms with Gasteiger partial charge in [-0.2, -0.15) is 0 Å². The van der Waals surface area contributed by atoms with Crippen LogP contribution in [0.4, 0.5) is 5.69 Å². The highest BCUT2D eigenvalue weighted by atomic mass is 79.9. The van der Waals surface area contributed by atoms with Gasteiger partial charge in [0.15, 0.2) is 5.65 Å². The fourth-order valence-electron chi connectivity index (χ4n) is 2.84. The number of fused-ring (bicyclic) bond motifs is 1. The zero-order chi connectivity index (χ0) is 18.8. The Hall–Kier alpha value is -2.67. The summed E-state index contributed by atoms with van der Waals surface area (Å²) in [7, 11) is 0. The standard InChI is InChI=1S/C19H18BrN3O3/c1-3-15-17(23-10-11(2)8-14(20)18(23)22-15)19(26)21-13-6-4-12(5-7-13)9-16(24)25/h4-8,10H,3,9H2,1-2H3,(H,21,26)(H,24,25). The van der Waals surface area contributed by atoms with E-state index in [1.54, 1.807) is 28.7 Å². The van der Waals surface area contributed by atoms with Crippen molar-refractivity contribution in [3.63, 3.8) is 0 Å². The summed E-state index contributed by atoms with van der Waals surface area (Å²) < 4.78 is 2.64. The number of amides is 1. The number of benzene rings is 1. The van der Waals surface area contributed by atoms with E-state index in [-0.39, 0.29) is 12.3 Å². The van der Waals surface area contributed by atoms with Crippen molar-refractivity contribution in [2.45, 2.75) is 26.7 Å². The Balaban J connectivity index is 1.93. The van der Waals surface area contributed by atoms with E-state index in [4.69, 9.17) is 5.11 Å². The van der Waals surface area contributed by atoms with E-state index in [1.807, 2.05) is 26.1 Å². The first-order valence-corrected chi connectivity index (χ1v) is 8.97. The zero-order valence-electron chi connectivity index (χ0n) is 14.4. The lowest BCUT2D eigenvalue weighted by Gasteiger charge is -2.08. The van der Waals surface area contributed by atoms with Gasteiger partial charge in [0.1, 0.15) is 5.69 Å². The number of hydrogen-bond acceptors (Lipinski definition) is 3. The van der Waals surface area contributed by atoms with Gasteiger partial charge in [-0.15, -0.1) is 0 Å². The van der Waals surface area contributed by atoms with Gasteiger partial charge in [0.05, 0.1) is 16.6 Å². The van der Waals surface area contributed by atoms with Crippen molar-refractivity contribution in [3.05, 3.63) is 63.5 Å². The highest BCUT2D eigenvalue weighted by Crippen LogP contribution is 2.24. The van der Waals surface area contributed by atoms with E-state index in [0.29, 0.717) is 29.0 Å². The van der Waals surface area contributed by atoms with Crippen molar-refractivity contribution in [3.8, 4) is 0 Å². The number of imidazole rings is 1. The molecule has 0 radical (unpaired) electrons. The maximum Gasteiger partial charge on any atom is 0.307 e. The number of anilines is 1. The highest BCUT2D eigenvalue weighted by molar-refractivity contribution is 9.10. The molecule has 2 N–H and O–H groups in total. The molecular weight excluding hydrogens is 398 g/mol. The highest BCUT2D eigenvalue weighted by Gasteiger charge is 2.20. The molecule has 1 aromatic carbocycles.